The topological polar surface area (TPSA) is 58.4 Å². The van der Waals surface area contributed by atoms with E-state index in [2.05, 4.69) is 5.10 Å². The Morgan fingerprint density at radius 3 is 2.68 bits per heavy atom. The number of hydrogen-bond donors (Lipinski definition) is 1. The maximum Gasteiger partial charge on any atom is 0.254 e. The van der Waals surface area contributed by atoms with Crippen LogP contribution < -0.4 is 0 Å². The minimum Gasteiger partial charge on any atom is -0.383 e. The van der Waals surface area contributed by atoms with Crippen LogP contribution in [0, 0.1) is 0 Å². The van der Waals surface area contributed by atoms with Gasteiger partial charge in [-0.1, -0.05) is 36.4 Å². The molecular weight excluding hydrogens is 314 g/mol. The van der Waals surface area contributed by atoms with Gasteiger partial charge < -0.3 is 10.0 Å². The zero-order valence-electron chi connectivity index (χ0n) is 13.7. The first kappa shape index (κ1) is 15.6. The molecule has 1 aliphatic heterocycles. The fraction of sp³-hybridized carbons (Fsp3) is 0.200. The number of amides is 1. The van der Waals surface area contributed by atoms with E-state index < -0.39 is 5.60 Å². The van der Waals surface area contributed by atoms with Crippen LogP contribution in [-0.4, -0.2) is 38.8 Å². The molecule has 1 N–H and O–H groups in total. The molecule has 1 aromatic heterocycles. The van der Waals surface area contributed by atoms with Gasteiger partial charge in [0.2, 0.25) is 0 Å². The first-order chi connectivity index (χ1) is 12.2. The number of carbonyl (C=O) groups excluding carboxylic acids is 1. The quantitative estimate of drug-likeness (QED) is 0.801. The van der Waals surface area contributed by atoms with Crippen molar-refractivity contribution in [2.24, 2.45) is 0 Å². The lowest BCUT2D eigenvalue weighted by atomic mass is 9.93. The van der Waals surface area contributed by atoms with E-state index in [0.29, 0.717) is 25.1 Å². The summed E-state index contributed by atoms with van der Waals surface area (Å²) in [6.45, 7) is 0.845. The predicted molar refractivity (Wildman–Crippen MR) is 94.4 cm³/mol. The zero-order valence-corrected chi connectivity index (χ0v) is 13.7. The van der Waals surface area contributed by atoms with Gasteiger partial charge in [0, 0.05) is 24.5 Å². The Morgan fingerprint density at radius 1 is 1.08 bits per heavy atom. The molecule has 1 aliphatic rings. The largest absolute Gasteiger partial charge is 0.383 e. The molecule has 0 aliphatic carbocycles. The average Bonchev–Trinajstić information content (AvgIpc) is 3.33. The van der Waals surface area contributed by atoms with Crippen molar-refractivity contribution >= 4 is 5.91 Å². The second kappa shape index (κ2) is 6.18. The molecule has 2 heterocycles. The molecule has 0 bridgehead atoms. The fourth-order valence-corrected chi connectivity index (χ4v) is 3.34. The summed E-state index contributed by atoms with van der Waals surface area (Å²) in [6.07, 6.45) is 4.09. The van der Waals surface area contributed by atoms with Gasteiger partial charge in [0.15, 0.2) is 0 Å². The van der Waals surface area contributed by atoms with Crippen LogP contribution in [0.4, 0.5) is 0 Å². The van der Waals surface area contributed by atoms with Crippen molar-refractivity contribution in [3.05, 3.63) is 84.2 Å². The van der Waals surface area contributed by atoms with E-state index in [1.165, 1.54) is 0 Å². The van der Waals surface area contributed by atoms with Crippen LogP contribution in [0.5, 0.6) is 0 Å². The Morgan fingerprint density at radius 2 is 1.92 bits per heavy atom. The van der Waals surface area contributed by atoms with Crippen molar-refractivity contribution < 1.29 is 9.90 Å². The predicted octanol–water partition coefficient (Wildman–Crippen LogP) is 2.61. The Balaban J connectivity index is 1.56. The lowest BCUT2D eigenvalue weighted by Gasteiger charge is -2.24. The van der Waals surface area contributed by atoms with Gasteiger partial charge in [-0.05, 0) is 36.2 Å². The Kier molecular flexibility index (Phi) is 3.86. The van der Waals surface area contributed by atoms with Gasteiger partial charge in [-0.15, -0.1) is 0 Å². The van der Waals surface area contributed by atoms with Gasteiger partial charge in [0.1, 0.15) is 5.60 Å². The third-order valence-electron chi connectivity index (χ3n) is 4.71. The molecule has 25 heavy (non-hydrogen) atoms. The van der Waals surface area contributed by atoms with Crippen molar-refractivity contribution in [2.45, 2.75) is 12.0 Å². The third-order valence-corrected chi connectivity index (χ3v) is 4.71. The molecule has 5 nitrogen and oxygen atoms in total. The smallest absolute Gasteiger partial charge is 0.254 e. The number of β-amino-alcohol motifs (C(OH)–C–C–N with tert-alkyl or cyclic N) is 1. The highest BCUT2D eigenvalue weighted by atomic mass is 16.3. The molecule has 1 saturated heterocycles. The van der Waals surface area contributed by atoms with Gasteiger partial charge in [-0.3, -0.25) is 4.79 Å². The Hall–Kier alpha value is -2.92. The highest BCUT2D eigenvalue weighted by Gasteiger charge is 2.39. The first-order valence-electron chi connectivity index (χ1n) is 8.33. The molecule has 1 fully saturated rings. The number of aromatic nitrogens is 2. The standard InChI is InChI=1S/C20H19N3O2/c24-19(16-6-4-9-18(14-16)23-12-5-11-21-23)22-13-10-20(25,15-22)17-7-2-1-3-8-17/h1-9,11-12,14,25H,10,13,15H2/t20-/m0/s1. The van der Waals surface area contributed by atoms with Crippen LogP contribution in [0.15, 0.2) is 73.1 Å². The zero-order chi connectivity index (χ0) is 17.3. The minimum atomic E-state index is -0.976. The molecule has 0 radical (unpaired) electrons. The molecular formula is C20H19N3O2. The summed E-state index contributed by atoms with van der Waals surface area (Å²) < 4.78 is 1.72. The summed E-state index contributed by atoms with van der Waals surface area (Å²) in [5.74, 6) is -0.0686. The van der Waals surface area contributed by atoms with Gasteiger partial charge in [0.05, 0.1) is 12.2 Å². The maximum absolute atomic E-state index is 12.9. The molecule has 3 aromatic rings. The van der Waals surface area contributed by atoms with Crippen molar-refractivity contribution in [3.63, 3.8) is 0 Å². The maximum atomic E-state index is 12.9. The monoisotopic (exact) mass is 333 g/mol. The fourth-order valence-electron chi connectivity index (χ4n) is 3.34. The molecule has 1 atom stereocenters. The Labute approximate surface area is 146 Å². The minimum absolute atomic E-state index is 0.0686. The third kappa shape index (κ3) is 2.94. The van der Waals surface area contributed by atoms with Crippen molar-refractivity contribution in [1.82, 2.24) is 14.7 Å². The molecule has 126 valence electrons. The van der Waals surface area contributed by atoms with Crippen molar-refractivity contribution in [3.8, 4) is 5.69 Å². The van der Waals surface area contributed by atoms with Crippen LogP contribution in [-0.2, 0) is 5.60 Å². The molecule has 0 spiro atoms. The summed E-state index contributed by atoms with van der Waals surface area (Å²) >= 11 is 0. The number of aliphatic hydroxyl groups is 1. The number of rotatable bonds is 3. The summed E-state index contributed by atoms with van der Waals surface area (Å²) in [4.78, 5) is 14.6. The molecule has 0 saturated carbocycles. The van der Waals surface area contributed by atoms with Crippen LogP contribution in [0.25, 0.3) is 5.69 Å². The lowest BCUT2D eigenvalue weighted by molar-refractivity contribution is 0.0417. The molecule has 5 heteroatoms. The van der Waals surface area contributed by atoms with Gasteiger partial charge in [0.25, 0.3) is 5.91 Å². The van der Waals surface area contributed by atoms with E-state index in [4.69, 9.17) is 0 Å². The molecule has 2 aromatic carbocycles. The molecule has 0 unspecified atom stereocenters. The number of carbonyl (C=O) groups is 1. The number of hydrogen-bond acceptors (Lipinski definition) is 3. The van der Waals surface area contributed by atoms with E-state index in [9.17, 15) is 9.90 Å². The summed E-state index contributed by atoms with van der Waals surface area (Å²) in [6, 6.07) is 18.8. The summed E-state index contributed by atoms with van der Waals surface area (Å²) in [5.41, 5.74) is 1.32. The van der Waals surface area contributed by atoms with Crippen LogP contribution in [0.2, 0.25) is 0 Å². The van der Waals surface area contributed by atoms with E-state index in [-0.39, 0.29) is 5.91 Å². The molecule has 4 rings (SSSR count). The lowest BCUT2D eigenvalue weighted by Crippen LogP contribution is -2.34. The average molecular weight is 333 g/mol. The number of likely N-dealkylation sites (tertiary alicyclic amines) is 1. The SMILES string of the molecule is O=C(c1cccc(-n2cccn2)c1)N1CC[C@@](O)(c2ccccc2)C1. The van der Waals surface area contributed by atoms with Crippen molar-refractivity contribution in [2.75, 3.05) is 13.1 Å². The first-order valence-corrected chi connectivity index (χ1v) is 8.33. The van der Waals surface area contributed by atoms with Crippen LogP contribution >= 0.6 is 0 Å². The second-order valence-corrected chi connectivity index (χ2v) is 6.38. The van der Waals surface area contributed by atoms with E-state index >= 15 is 0 Å². The van der Waals surface area contributed by atoms with Gasteiger partial charge >= 0.3 is 0 Å². The van der Waals surface area contributed by atoms with Gasteiger partial charge in [-0.2, -0.15) is 5.10 Å². The summed E-state index contributed by atoms with van der Waals surface area (Å²) in [7, 11) is 0. The highest BCUT2D eigenvalue weighted by Crippen LogP contribution is 2.32. The molecule has 1 amide bonds. The van der Waals surface area contributed by atoms with E-state index in [1.54, 1.807) is 21.8 Å². The summed E-state index contributed by atoms with van der Waals surface area (Å²) in [5, 5.41) is 15.1. The van der Waals surface area contributed by atoms with E-state index in [1.807, 2.05) is 60.8 Å². The van der Waals surface area contributed by atoms with Crippen LogP contribution in [0.3, 0.4) is 0 Å². The Bertz CT molecular complexity index is 877. The van der Waals surface area contributed by atoms with E-state index in [0.717, 1.165) is 11.3 Å². The second-order valence-electron chi connectivity index (χ2n) is 6.38. The van der Waals surface area contributed by atoms with Crippen molar-refractivity contribution in [1.29, 1.82) is 0 Å². The number of nitrogens with zero attached hydrogens (tertiary/aromatic N) is 3. The normalized spacial score (nSPS) is 20.0. The highest BCUT2D eigenvalue weighted by molar-refractivity contribution is 5.95. The number of benzene rings is 2. The van der Waals surface area contributed by atoms with Gasteiger partial charge in [-0.25, -0.2) is 4.68 Å². The van der Waals surface area contributed by atoms with Crippen LogP contribution in [0.1, 0.15) is 22.3 Å².